The molecule has 0 amide bonds. The van der Waals surface area contributed by atoms with Gasteiger partial charge in [-0.3, -0.25) is 0 Å². The van der Waals surface area contributed by atoms with Crippen LogP contribution in [-0.4, -0.2) is 12.1 Å². The molecule has 3 unspecified atom stereocenters. The Kier molecular flexibility index (Phi) is 3.47. The minimum Gasteiger partial charge on any atom is -0.310 e. The Morgan fingerprint density at radius 2 is 1.41 bits per heavy atom. The molecule has 3 fully saturated rings. The van der Waals surface area contributed by atoms with Crippen molar-refractivity contribution in [2.24, 2.45) is 23.7 Å². The van der Waals surface area contributed by atoms with E-state index < -0.39 is 0 Å². The second-order valence-corrected chi connectivity index (χ2v) is 7.09. The monoisotopic (exact) mass is 235 g/mol. The molecule has 3 saturated carbocycles. The molecular formula is C16H29N. The molecule has 0 spiro atoms. The van der Waals surface area contributed by atoms with Crippen LogP contribution in [0.4, 0.5) is 0 Å². The third-order valence-electron chi connectivity index (χ3n) is 6.19. The summed E-state index contributed by atoms with van der Waals surface area (Å²) in [6, 6.07) is 1.71. The summed E-state index contributed by atoms with van der Waals surface area (Å²) in [6.45, 7) is 4.90. The van der Waals surface area contributed by atoms with Crippen LogP contribution in [0.15, 0.2) is 0 Å². The van der Waals surface area contributed by atoms with Gasteiger partial charge in [-0.2, -0.15) is 0 Å². The summed E-state index contributed by atoms with van der Waals surface area (Å²) in [7, 11) is 0. The lowest BCUT2D eigenvalue weighted by Crippen LogP contribution is -2.51. The second kappa shape index (κ2) is 4.91. The molecule has 3 atom stereocenters. The fourth-order valence-corrected chi connectivity index (χ4v) is 4.10. The molecule has 98 valence electrons. The molecule has 1 nitrogen and oxygen atoms in total. The van der Waals surface area contributed by atoms with E-state index in [9.17, 15) is 0 Å². The molecule has 1 heteroatoms. The Morgan fingerprint density at radius 3 is 1.76 bits per heavy atom. The van der Waals surface area contributed by atoms with Crippen molar-refractivity contribution < 1.29 is 0 Å². The van der Waals surface area contributed by atoms with Crippen molar-refractivity contribution in [3.63, 3.8) is 0 Å². The first-order chi connectivity index (χ1) is 8.25. The van der Waals surface area contributed by atoms with Gasteiger partial charge >= 0.3 is 0 Å². The van der Waals surface area contributed by atoms with E-state index in [1.807, 2.05) is 0 Å². The van der Waals surface area contributed by atoms with Crippen LogP contribution >= 0.6 is 0 Å². The van der Waals surface area contributed by atoms with Gasteiger partial charge in [0.15, 0.2) is 0 Å². The van der Waals surface area contributed by atoms with Crippen LogP contribution in [0.1, 0.15) is 65.2 Å². The first-order valence-corrected chi connectivity index (χ1v) is 8.01. The number of hydrogen-bond donors (Lipinski definition) is 1. The molecule has 0 aromatic carbocycles. The van der Waals surface area contributed by atoms with E-state index in [2.05, 4.69) is 19.2 Å². The average molecular weight is 235 g/mol. The van der Waals surface area contributed by atoms with Gasteiger partial charge in [-0.1, -0.05) is 26.7 Å². The maximum atomic E-state index is 4.10. The zero-order chi connectivity index (χ0) is 11.8. The summed E-state index contributed by atoms with van der Waals surface area (Å²) < 4.78 is 0. The van der Waals surface area contributed by atoms with E-state index in [-0.39, 0.29) is 0 Å². The Balaban J connectivity index is 1.59. The van der Waals surface area contributed by atoms with E-state index >= 15 is 0 Å². The SMILES string of the molecule is CC1CCC(NC(C2CCC2)C2CCC2)C1C. The Bertz CT molecular complexity index is 240. The topological polar surface area (TPSA) is 12.0 Å². The van der Waals surface area contributed by atoms with Gasteiger partial charge in [0.2, 0.25) is 0 Å². The average Bonchev–Trinajstić information content (AvgIpc) is 2.44. The minimum atomic E-state index is 0.830. The van der Waals surface area contributed by atoms with Crippen molar-refractivity contribution in [2.45, 2.75) is 77.3 Å². The lowest BCUT2D eigenvalue weighted by atomic mass is 9.68. The van der Waals surface area contributed by atoms with E-state index in [0.717, 1.165) is 35.8 Å². The molecule has 0 saturated heterocycles. The zero-order valence-corrected chi connectivity index (χ0v) is 11.6. The first kappa shape index (κ1) is 12.0. The summed E-state index contributed by atoms with van der Waals surface area (Å²) in [5.41, 5.74) is 0. The summed E-state index contributed by atoms with van der Waals surface area (Å²) in [4.78, 5) is 0. The largest absolute Gasteiger partial charge is 0.310 e. The van der Waals surface area contributed by atoms with Crippen molar-refractivity contribution in [1.82, 2.24) is 5.32 Å². The molecular weight excluding hydrogens is 206 g/mol. The van der Waals surface area contributed by atoms with E-state index in [4.69, 9.17) is 0 Å². The Labute approximate surface area is 107 Å². The quantitative estimate of drug-likeness (QED) is 0.777. The standard InChI is InChI=1S/C16H29N/c1-11-9-10-15(12(11)2)17-16(13-5-3-6-13)14-7-4-8-14/h11-17H,3-10H2,1-2H3. The van der Waals surface area contributed by atoms with Crippen LogP contribution in [-0.2, 0) is 0 Å². The molecule has 17 heavy (non-hydrogen) atoms. The van der Waals surface area contributed by atoms with Crippen molar-refractivity contribution in [3.8, 4) is 0 Å². The van der Waals surface area contributed by atoms with Crippen molar-refractivity contribution in [2.75, 3.05) is 0 Å². The van der Waals surface area contributed by atoms with Crippen molar-refractivity contribution >= 4 is 0 Å². The molecule has 3 aliphatic carbocycles. The maximum Gasteiger partial charge on any atom is 0.0126 e. The highest BCUT2D eigenvalue weighted by atomic mass is 15.0. The predicted molar refractivity (Wildman–Crippen MR) is 73.0 cm³/mol. The number of rotatable bonds is 4. The van der Waals surface area contributed by atoms with Gasteiger partial charge in [0.1, 0.15) is 0 Å². The molecule has 0 aliphatic heterocycles. The molecule has 0 bridgehead atoms. The lowest BCUT2D eigenvalue weighted by molar-refractivity contribution is 0.107. The van der Waals surface area contributed by atoms with Gasteiger partial charge in [0, 0.05) is 12.1 Å². The molecule has 0 radical (unpaired) electrons. The highest BCUT2D eigenvalue weighted by Crippen LogP contribution is 2.41. The smallest absolute Gasteiger partial charge is 0.0126 e. The van der Waals surface area contributed by atoms with Crippen molar-refractivity contribution in [1.29, 1.82) is 0 Å². The fraction of sp³-hybridized carbons (Fsp3) is 1.00. The van der Waals surface area contributed by atoms with Gasteiger partial charge in [0.25, 0.3) is 0 Å². The Hall–Kier alpha value is -0.0400. The molecule has 0 heterocycles. The maximum absolute atomic E-state index is 4.10. The molecule has 1 N–H and O–H groups in total. The van der Waals surface area contributed by atoms with Gasteiger partial charge in [-0.15, -0.1) is 0 Å². The van der Waals surface area contributed by atoms with Crippen LogP contribution in [0.25, 0.3) is 0 Å². The first-order valence-electron chi connectivity index (χ1n) is 8.01. The molecule has 0 aromatic heterocycles. The van der Waals surface area contributed by atoms with Gasteiger partial charge in [-0.25, -0.2) is 0 Å². The highest BCUT2D eigenvalue weighted by Gasteiger charge is 2.39. The molecule has 3 rings (SSSR count). The highest BCUT2D eigenvalue weighted by molar-refractivity contribution is 4.95. The third kappa shape index (κ3) is 2.28. The predicted octanol–water partition coefficient (Wildman–Crippen LogP) is 3.98. The minimum absolute atomic E-state index is 0.830. The van der Waals surface area contributed by atoms with Crippen molar-refractivity contribution in [3.05, 3.63) is 0 Å². The summed E-state index contributed by atoms with van der Waals surface area (Å²) in [5.74, 6) is 3.90. The van der Waals surface area contributed by atoms with Crippen LogP contribution in [0, 0.1) is 23.7 Å². The zero-order valence-electron chi connectivity index (χ0n) is 11.6. The fourth-order valence-electron chi connectivity index (χ4n) is 4.10. The van der Waals surface area contributed by atoms with Crippen LogP contribution in [0.2, 0.25) is 0 Å². The van der Waals surface area contributed by atoms with Crippen LogP contribution in [0.5, 0.6) is 0 Å². The molecule has 0 aromatic rings. The Morgan fingerprint density at radius 1 is 0.824 bits per heavy atom. The van der Waals surface area contributed by atoms with E-state index in [1.54, 1.807) is 0 Å². The molecule has 3 aliphatic rings. The van der Waals surface area contributed by atoms with Crippen LogP contribution < -0.4 is 5.32 Å². The number of hydrogen-bond acceptors (Lipinski definition) is 1. The summed E-state index contributed by atoms with van der Waals surface area (Å²) in [6.07, 6.45) is 11.9. The van der Waals surface area contributed by atoms with Gasteiger partial charge < -0.3 is 5.32 Å². The third-order valence-corrected chi connectivity index (χ3v) is 6.19. The normalized spacial score (nSPS) is 39.4. The van der Waals surface area contributed by atoms with Crippen LogP contribution in [0.3, 0.4) is 0 Å². The van der Waals surface area contributed by atoms with E-state index in [0.29, 0.717) is 0 Å². The van der Waals surface area contributed by atoms with E-state index in [1.165, 1.54) is 51.4 Å². The lowest BCUT2D eigenvalue weighted by Gasteiger charge is -2.45. The summed E-state index contributed by atoms with van der Waals surface area (Å²) >= 11 is 0. The second-order valence-electron chi connectivity index (χ2n) is 7.09. The van der Waals surface area contributed by atoms with Gasteiger partial charge in [-0.05, 0) is 62.2 Å². The number of nitrogens with one attached hydrogen (secondary N) is 1. The van der Waals surface area contributed by atoms with Gasteiger partial charge in [0.05, 0.1) is 0 Å². The summed E-state index contributed by atoms with van der Waals surface area (Å²) in [5, 5.41) is 4.10.